The molecule has 3 saturated heterocycles. The van der Waals surface area contributed by atoms with Crippen LogP contribution >= 0.6 is 0 Å². The molecule has 0 radical (unpaired) electrons. The Kier molecular flexibility index (Phi) is 4.61. The number of amides is 2. The minimum absolute atomic E-state index is 0.0218. The molecular weight excluding hydrogens is 406 g/mol. The van der Waals surface area contributed by atoms with E-state index in [-0.39, 0.29) is 25.4 Å². The van der Waals surface area contributed by atoms with Crippen molar-refractivity contribution in [2.75, 3.05) is 26.3 Å². The number of fused-ring (bicyclic) bond motifs is 1. The number of carboxylic acid groups (broad SMARTS) is 1. The summed E-state index contributed by atoms with van der Waals surface area (Å²) >= 11 is 0. The quantitative estimate of drug-likeness (QED) is 0.392. The van der Waals surface area contributed by atoms with Crippen molar-refractivity contribution in [1.29, 1.82) is 0 Å². The summed E-state index contributed by atoms with van der Waals surface area (Å²) in [4.78, 5) is 38.6. The first-order valence-corrected chi connectivity index (χ1v) is 10.8. The molecule has 13 heteroatoms. The summed E-state index contributed by atoms with van der Waals surface area (Å²) in [7, 11) is -3.92. The van der Waals surface area contributed by atoms with Gasteiger partial charge in [-0.25, -0.2) is 13.2 Å². The van der Waals surface area contributed by atoms with Crippen LogP contribution in [0.1, 0.15) is 13.3 Å². The fraction of sp³-hybridized carbons (Fsp3) is 0.688. The third-order valence-electron chi connectivity index (χ3n) is 5.82. The number of hydrogen-bond acceptors (Lipinski definition) is 7. The van der Waals surface area contributed by atoms with Crippen molar-refractivity contribution in [2.45, 2.75) is 42.6 Å². The van der Waals surface area contributed by atoms with Crippen LogP contribution in [0.15, 0.2) is 12.4 Å². The summed E-state index contributed by atoms with van der Waals surface area (Å²) in [5.41, 5.74) is 0. The number of aliphatic carboxylic acids is 1. The van der Waals surface area contributed by atoms with Crippen molar-refractivity contribution in [2.24, 2.45) is 0 Å². The van der Waals surface area contributed by atoms with E-state index in [2.05, 4.69) is 5.21 Å². The van der Waals surface area contributed by atoms with Crippen LogP contribution in [0.3, 0.4) is 0 Å². The van der Waals surface area contributed by atoms with Gasteiger partial charge in [-0.3, -0.25) is 9.59 Å². The van der Waals surface area contributed by atoms with Gasteiger partial charge in [0, 0.05) is 13.1 Å². The molecule has 1 unspecified atom stereocenters. The molecule has 1 aromatic heterocycles. The molecule has 0 saturated carbocycles. The van der Waals surface area contributed by atoms with Crippen molar-refractivity contribution in [1.82, 2.24) is 19.7 Å². The molecule has 29 heavy (non-hydrogen) atoms. The highest BCUT2D eigenvalue weighted by Crippen LogP contribution is 2.46. The van der Waals surface area contributed by atoms with Crippen LogP contribution in [0, 0.1) is 0 Å². The average molecular weight is 428 g/mol. The van der Waals surface area contributed by atoms with E-state index in [1.165, 1.54) is 28.7 Å². The number of hydrogen-bond donors (Lipinski definition) is 1. The molecule has 3 fully saturated rings. The number of sulfone groups is 1. The molecule has 0 aromatic carbocycles. The molecule has 4 rings (SSSR count). The molecule has 0 bridgehead atoms. The summed E-state index contributed by atoms with van der Waals surface area (Å²) < 4.78 is 32.1. The van der Waals surface area contributed by atoms with Gasteiger partial charge < -0.3 is 19.6 Å². The molecular formula is C16H22N5O7S+. The molecule has 0 spiro atoms. The van der Waals surface area contributed by atoms with E-state index in [1.807, 2.05) is 0 Å². The number of nitrogens with zero attached hydrogens (tertiary/aromatic N) is 5. The number of β-lactam (4-membered cyclic amide) rings is 1. The van der Waals surface area contributed by atoms with Crippen LogP contribution in [-0.4, -0.2) is 93.5 Å². The maximum absolute atomic E-state index is 13.0. The van der Waals surface area contributed by atoms with Crippen LogP contribution < -0.4 is 4.68 Å². The van der Waals surface area contributed by atoms with E-state index in [0.29, 0.717) is 26.3 Å². The van der Waals surface area contributed by atoms with E-state index in [4.69, 9.17) is 4.74 Å². The second kappa shape index (κ2) is 6.76. The lowest BCUT2D eigenvalue weighted by molar-refractivity contribution is -0.744. The van der Waals surface area contributed by atoms with Gasteiger partial charge in [0.05, 0.1) is 24.8 Å². The smallest absolute Gasteiger partial charge is 0.328 e. The largest absolute Gasteiger partial charge is 0.480 e. The standard InChI is InChI=1S/C16H21N5O7S/c1-16(14(15(24)25)21-11(22)8-13(21)29(16,26)27)10-20-3-2-19(17-20)9-12(23)18-4-6-28-7-5-18/h2-3,13-14H,4-10H2,1H3/p+1/t13-,14?,16+/m1/s1. The van der Waals surface area contributed by atoms with Crippen molar-refractivity contribution < 1.29 is 37.3 Å². The molecule has 3 aliphatic heterocycles. The zero-order chi connectivity index (χ0) is 21.0. The lowest BCUT2D eigenvalue weighted by Crippen LogP contribution is -2.58. The second-order valence-electron chi connectivity index (χ2n) is 7.63. The zero-order valence-corrected chi connectivity index (χ0v) is 16.6. The number of aromatic nitrogens is 3. The van der Waals surface area contributed by atoms with Gasteiger partial charge in [-0.15, -0.1) is 9.36 Å². The SMILES string of the molecule is C[C@]1(Cn2cc[n+](CC(=O)N3CCOCC3)n2)C(C(=O)O)N2C(=O)C[C@H]2S1(=O)=O. The van der Waals surface area contributed by atoms with Crippen LogP contribution in [0.2, 0.25) is 0 Å². The van der Waals surface area contributed by atoms with Crippen molar-refractivity contribution in [3.63, 3.8) is 0 Å². The highest BCUT2D eigenvalue weighted by atomic mass is 32.2. The van der Waals surface area contributed by atoms with E-state index in [1.54, 1.807) is 4.90 Å². The highest BCUT2D eigenvalue weighted by molar-refractivity contribution is 7.93. The monoisotopic (exact) mass is 428 g/mol. The van der Waals surface area contributed by atoms with Crippen LogP contribution in [0.25, 0.3) is 0 Å². The Morgan fingerprint density at radius 3 is 2.69 bits per heavy atom. The van der Waals surface area contributed by atoms with Gasteiger partial charge in [0.15, 0.2) is 34.8 Å². The molecule has 2 amide bonds. The summed E-state index contributed by atoms with van der Waals surface area (Å²) in [6.07, 6.45) is 2.82. The Morgan fingerprint density at radius 1 is 1.38 bits per heavy atom. The molecule has 4 heterocycles. The molecule has 3 aliphatic rings. The number of carbonyl (C=O) groups is 3. The first-order valence-electron chi connectivity index (χ1n) is 9.21. The number of morpholine rings is 1. The Morgan fingerprint density at radius 2 is 2.07 bits per heavy atom. The fourth-order valence-electron chi connectivity index (χ4n) is 4.19. The van der Waals surface area contributed by atoms with Crippen molar-refractivity contribution in [3.8, 4) is 0 Å². The maximum Gasteiger partial charge on any atom is 0.328 e. The second-order valence-corrected chi connectivity index (χ2v) is 10.2. The molecule has 12 nitrogen and oxygen atoms in total. The maximum atomic E-state index is 13.0. The van der Waals surface area contributed by atoms with Gasteiger partial charge in [-0.05, 0) is 6.92 Å². The minimum Gasteiger partial charge on any atom is -0.480 e. The summed E-state index contributed by atoms with van der Waals surface area (Å²) in [6, 6.07) is -1.48. The average Bonchev–Trinajstić information content (AvgIpc) is 3.14. The molecule has 3 atom stereocenters. The summed E-state index contributed by atoms with van der Waals surface area (Å²) in [5, 5.41) is 12.7. The van der Waals surface area contributed by atoms with Gasteiger partial charge in [0.25, 0.3) is 5.91 Å². The van der Waals surface area contributed by atoms with Crippen LogP contribution in [0.4, 0.5) is 0 Å². The van der Waals surface area contributed by atoms with Gasteiger partial charge >= 0.3 is 5.97 Å². The molecule has 1 N–H and O–H groups in total. The topological polar surface area (TPSA) is 143 Å². The van der Waals surface area contributed by atoms with Crippen LogP contribution in [0.5, 0.6) is 0 Å². The lowest BCUT2D eigenvalue weighted by Gasteiger charge is -2.35. The molecule has 1 aromatic rings. The number of rotatable bonds is 5. The van der Waals surface area contributed by atoms with E-state index in [0.717, 1.165) is 4.90 Å². The Hall–Kier alpha value is -2.54. The van der Waals surface area contributed by atoms with Gasteiger partial charge in [-0.1, -0.05) is 0 Å². The number of ether oxygens (including phenoxy) is 1. The Balaban J connectivity index is 1.53. The zero-order valence-electron chi connectivity index (χ0n) is 15.8. The van der Waals surface area contributed by atoms with Gasteiger partial charge in [0.2, 0.25) is 5.91 Å². The van der Waals surface area contributed by atoms with Crippen molar-refractivity contribution >= 4 is 27.6 Å². The summed E-state index contributed by atoms with van der Waals surface area (Å²) in [5.74, 6) is -1.99. The highest BCUT2D eigenvalue weighted by Gasteiger charge is 2.71. The Bertz CT molecular complexity index is 970. The van der Waals surface area contributed by atoms with Crippen LogP contribution in [-0.2, 0) is 42.0 Å². The summed E-state index contributed by atoms with van der Waals surface area (Å²) in [6.45, 7) is 3.03. The molecule has 0 aliphatic carbocycles. The normalized spacial score (nSPS) is 30.7. The minimum atomic E-state index is -3.92. The number of carbonyl (C=O) groups excluding carboxylic acids is 2. The first-order chi connectivity index (χ1) is 13.6. The van der Waals surface area contributed by atoms with Gasteiger partial charge in [-0.2, -0.15) is 0 Å². The van der Waals surface area contributed by atoms with E-state index < -0.39 is 37.9 Å². The fourth-order valence-corrected chi connectivity index (χ4v) is 6.55. The first kappa shape index (κ1) is 19.8. The molecule has 158 valence electrons. The lowest BCUT2D eigenvalue weighted by atomic mass is 9.96. The third kappa shape index (κ3) is 2.99. The Labute approximate surface area is 166 Å². The van der Waals surface area contributed by atoms with E-state index >= 15 is 0 Å². The predicted octanol–water partition coefficient (Wildman–Crippen LogP) is -2.77. The third-order valence-corrected chi connectivity index (χ3v) is 8.59. The van der Waals surface area contributed by atoms with Gasteiger partial charge in [0.1, 0.15) is 16.7 Å². The van der Waals surface area contributed by atoms with Crippen molar-refractivity contribution in [3.05, 3.63) is 12.4 Å². The number of carboxylic acids is 1. The predicted molar refractivity (Wildman–Crippen MR) is 93.8 cm³/mol. The van der Waals surface area contributed by atoms with E-state index in [9.17, 15) is 27.9 Å².